The molecule has 1 aromatic heterocycles. The van der Waals surface area contributed by atoms with Crippen molar-refractivity contribution >= 4 is 16.8 Å². The Labute approximate surface area is 160 Å². The maximum absolute atomic E-state index is 13.2. The Morgan fingerprint density at radius 1 is 1.19 bits per heavy atom. The molecule has 5 nitrogen and oxygen atoms in total. The first kappa shape index (κ1) is 17.3. The van der Waals surface area contributed by atoms with Gasteiger partial charge < -0.3 is 19.5 Å². The van der Waals surface area contributed by atoms with E-state index in [0.29, 0.717) is 5.92 Å². The lowest BCUT2D eigenvalue weighted by Crippen LogP contribution is -2.50. The molecule has 2 atom stereocenters. The van der Waals surface area contributed by atoms with Crippen LogP contribution in [-0.2, 0) is 4.74 Å². The van der Waals surface area contributed by atoms with E-state index in [1.165, 1.54) is 25.9 Å². The van der Waals surface area contributed by atoms with E-state index < -0.39 is 0 Å². The van der Waals surface area contributed by atoms with Crippen molar-refractivity contribution in [1.29, 1.82) is 0 Å². The average Bonchev–Trinajstić information content (AvgIpc) is 3.42. The standard InChI is InChI=1S/C22H29N3O2/c26-21(19-13-23-20-7-2-1-6-18(19)20)25-11-5-8-22(16-25)12-17(15-27-22)14-24-9-3-4-10-24/h1-2,6-7,13,17,23H,3-5,8-12,14-16H2/t17-,22+/m0/s1. The van der Waals surface area contributed by atoms with E-state index in [0.717, 1.165) is 62.0 Å². The Morgan fingerprint density at radius 3 is 2.93 bits per heavy atom. The molecule has 3 saturated heterocycles. The maximum atomic E-state index is 13.2. The van der Waals surface area contributed by atoms with Gasteiger partial charge in [-0.2, -0.15) is 0 Å². The van der Waals surface area contributed by atoms with E-state index >= 15 is 0 Å². The topological polar surface area (TPSA) is 48.6 Å². The molecule has 27 heavy (non-hydrogen) atoms. The molecule has 3 fully saturated rings. The molecule has 0 unspecified atom stereocenters. The zero-order chi connectivity index (χ0) is 18.3. The fraction of sp³-hybridized carbons (Fsp3) is 0.591. The van der Waals surface area contributed by atoms with Crippen LogP contribution in [0, 0.1) is 5.92 Å². The van der Waals surface area contributed by atoms with Crippen LogP contribution in [0.4, 0.5) is 0 Å². The highest BCUT2D eigenvalue weighted by atomic mass is 16.5. The molecule has 1 N–H and O–H groups in total. The Kier molecular flexibility index (Phi) is 4.44. The third kappa shape index (κ3) is 3.27. The highest BCUT2D eigenvalue weighted by molar-refractivity contribution is 6.06. The lowest BCUT2D eigenvalue weighted by molar-refractivity contribution is -0.0450. The molecule has 0 bridgehead atoms. The third-order valence-corrected chi connectivity index (χ3v) is 6.65. The predicted molar refractivity (Wildman–Crippen MR) is 106 cm³/mol. The molecule has 144 valence electrons. The fourth-order valence-electron chi connectivity index (χ4n) is 5.36. The molecule has 5 rings (SSSR count). The van der Waals surface area contributed by atoms with Crippen LogP contribution in [0.15, 0.2) is 30.5 Å². The summed E-state index contributed by atoms with van der Waals surface area (Å²) in [4.78, 5) is 21.1. The summed E-state index contributed by atoms with van der Waals surface area (Å²) < 4.78 is 6.36. The normalized spacial score (nSPS) is 29.2. The van der Waals surface area contributed by atoms with Crippen molar-refractivity contribution in [2.45, 2.75) is 37.7 Å². The number of hydrogen-bond donors (Lipinski definition) is 1. The minimum absolute atomic E-state index is 0.121. The second-order valence-corrected chi connectivity index (χ2v) is 8.65. The van der Waals surface area contributed by atoms with Crippen molar-refractivity contribution in [3.05, 3.63) is 36.0 Å². The smallest absolute Gasteiger partial charge is 0.256 e. The van der Waals surface area contributed by atoms with Gasteiger partial charge in [0.05, 0.1) is 17.8 Å². The van der Waals surface area contributed by atoms with Gasteiger partial charge in [-0.25, -0.2) is 0 Å². The molecular formula is C22H29N3O2. The lowest BCUT2D eigenvalue weighted by atomic mass is 9.86. The number of hydrogen-bond acceptors (Lipinski definition) is 3. The van der Waals surface area contributed by atoms with Gasteiger partial charge in [0.25, 0.3) is 5.91 Å². The molecule has 1 aromatic carbocycles. The predicted octanol–water partition coefficient (Wildman–Crippen LogP) is 3.28. The largest absolute Gasteiger partial charge is 0.373 e. The van der Waals surface area contributed by atoms with Gasteiger partial charge in [0.15, 0.2) is 0 Å². The first-order chi connectivity index (χ1) is 13.2. The number of rotatable bonds is 3. The van der Waals surface area contributed by atoms with Crippen LogP contribution in [0.1, 0.15) is 42.5 Å². The Morgan fingerprint density at radius 2 is 2.04 bits per heavy atom. The lowest BCUT2D eigenvalue weighted by Gasteiger charge is -2.40. The van der Waals surface area contributed by atoms with Crippen molar-refractivity contribution in [1.82, 2.24) is 14.8 Å². The van der Waals surface area contributed by atoms with Crippen molar-refractivity contribution in [2.75, 3.05) is 39.3 Å². The fourth-order valence-corrected chi connectivity index (χ4v) is 5.36. The SMILES string of the molecule is O=C(c1c[nH]c2ccccc12)N1CCC[C@@]2(C[C@@H](CN3CCCC3)CO2)C1. The average molecular weight is 367 g/mol. The molecule has 3 aliphatic rings. The minimum atomic E-state index is -0.121. The summed E-state index contributed by atoms with van der Waals surface area (Å²) >= 11 is 0. The number of carbonyl (C=O) groups excluding carboxylic acids is 1. The second kappa shape index (κ2) is 6.95. The molecule has 5 heteroatoms. The van der Waals surface area contributed by atoms with Gasteiger partial charge in [-0.1, -0.05) is 18.2 Å². The van der Waals surface area contributed by atoms with Crippen molar-refractivity contribution < 1.29 is 9.53 Å². The van der Waals surface area contributed by atoms with Crippen LogP contribution in [0.25, 0.3) is 10.9 Å². The van der Waals surface area contributed by atoms with E-state index in [9.17, 15) is 4.79 Å². The van der Waals surface area contributed by atoms with Crippen LogP contribution < -0.4 is 0 Å². The molecule has 0 aliphatic carbocycles. The number of likely N-dealkylation sites (tertiary alicyclic amines) is 2. The Balaban J connectivity index is 1.28. The van der Waals surface area contributed by atoms with Gasteiger partial charge in [0.1, 0.15) is 0 Å². The number of carbonyl (C=O) groups is 1. The van der Waals surface area contributed by atoms with Crippen LogP contribution in [0.5, 0.6) is 0 Å². The quantitative estimate of drug-likeness (QED) is 0.906. The summed E-state index contributed by atoms with van der Waals surface area (Å²) in [5.74, 6) is 0.754. The van der Waals surface area contributed by atoms with Crippen LogP contribution >= 0.6 is 0 Å². The van der Waals surface area contributed by atoms with Gasteiger partial charge in [0, 0.05) is 36.7 Å². The second-order valence-electron chi connectivity index (χ2n) is 8.65. The number of nitrogens with one attached hydrogen (secondary N) is 1. The molecule has 0 radical (unpaired) electrons. The van der Waals surface area contributed by atoms with Crippen LogP contribution in [0.2, 0.25) is 0 Å². The van der Waals surface area contributed by atoms with E-state index in [4.69, 9.17) is 4.74 Å². The Bertz CT molecular complexity index is 826. The van der Waals surface area contributed by atoms with Crippen molar-refractivity contribution in [3.63, 3.8) is 0 Å². The number of nitrogens with zero attached hydrogens (tertiary/aromatic N) is 2. The number of benzene rings is 1. The summed E-state index contributed by atoms with van der Waals surface area (Å²) in [6.45, 7) is 6.08. The maximum Gasteiger partial charge on any atom is 0.256 e. The van der Waals surface area contributed by atoms with Crippen molar-refractivity contribution in [3.8, 4) is 0 Å². The molecule has 1 amide bonds. The molecule has 1 spiro atoms. The van der Waals surface area contributed by atoms with Gasteiger partial charge in [-0.05, 0) is 57.2 Å². The van der Waals surface area contributed by atoms with E-state index in [1.54, 1.807) is 0 Å². The van der Waals surface area contributed by atoms with E-state index in [1.807, 2.05) is 35.4 Å². The number of aromatic nitrogens is 1. The highest BCUT2D eigenvalue weighted by Gasteiger charge is 2.45. The Hall–Kier alpha value is -1.85. The monoisotopic (exact) mass is 367 g/mol. The summed E-state index contributed by atoms with van der Waals surface area (Å²) in [5.41, 5.74) is 1.69. The third-order valence-electron chi connectivity index (χ3n) is 6.65. The summed E-state index contributed by atoms with van der Waals surface area (Å²) in [7, 11) is 0. The van der Waals surface area contributed by atoms with Gasteiger partial charge >= 0.3 is 0 Å². The zero-order valence-electron chi connectivity index (χ0n) is 16.0. The first-order valence-corrected chi connectivity index (χ1v) is 10.4. The van der Waals surface area contributed by atoms with Gasteiger partial charge in [0.2, 0.25) is 0 Å². The number of amides is 1. The molecule has 2 aromatic rings. The zero-order valence-corrected chi connectivity index (χ0v) is 16.0. The number of ether oxygens (including phenoxy) is 1. The number of para-hydroxylation sites is 1. The van der Waals surface area contributed by atoms with Crippen LogP contribution in [0.3, 0.4) is 0 Å². The van der Waals surface area contributed by atoms with E-state index in [-0.39, 0.29) is 11.5 Å². The molecule has 3 aliphatic heterocycles. The summed E-state index contributed by atoms with van der Waals surface area (Å²) in [5, 5.41) is 1.02. The number of fused-ring (bicyclic) bond motifs is 1. The molecule has 4 heterocycles. The number of H-pyrrole nitrogens is 1. The minimum Gasteiger partial charge on any atom is -0.373 e. The van der Waals surface area contributed by atoms with Crippen molar-refractivity contribution in [2.24, 2.45) is 5.92 Å². The van der Waals surface area contributed by atoms with Gasteiger partial charge in [-0.3, -0.25) is 4.79 Å². The summed E-state index contributed by atoms with van der Waals surface area (Å²) in [6.07, 6.45) is 7.75. The number of aromatic amines is 1. The van der Waals surface area contributed by atoms with Crippen LogP contribution in [-0.4, -0.2) is 65.6 Å². The summed E-state index contributed by atoms with van der Waals surface area (Å²) in [6, 6.07) is 8.04. The first-order valence-electron chi connectivity index (χ1n) is 10.4. The highest BCUT2D eigenvalue weighted by Crippen LogP contribution is 2.38. The van der Waals surface area contributed by atoms with E-state index in [2.05, 4.69) is 9.88 Å². The number of piperidine rings is 1. The van der Waals surface area contributed by atoms with Gasteiger partial charge in [-0.15, -0.1) is 0 Å². The molecular weight excluding hydrogens is 338 g/mol. The molecule has 0 saturated carbocycles.